The Balaban J connectivity index is 1.71. The average molecular weight is 418 g/mol. The van der Waals surface area contributed by atoms with Crippen molar-refractivity contribution in [2.45, 2.75) is 51.4 Å². The number of carbonyl (C=O) groups is 1. The lowest BCUT2D eigenvalue weighted by Crippen LogP contribution is -2.29. The third kappa shape index (κ3) is 6.03. The van der Waals surface area contributed by atoms with E-state index < -0.39 is 17.7 Å². The van der Waals surface area contributed by atoms with Gasteiger partial charge in [-0.05, 0) is 68.7 Å². The normalized spacial score (nSPS) is 16.6. The van der Waals surface area contributed by atoms with Gasteiger partial charge in [-0.15, -0.1) is 0 Å². The summed E-state index contributed by atoms with van der Waals surface area (Å²) in [4.78, 5) is 18.1. The number of hydrogen-bond acceptors (Lipinski definition) is 6. The molecule has 31 heavy (non-hydrogen) atoms. The predicted octanol–water partition coefficient (Wildman–Crippen LogP) is 4.69. The quantitative estimate of drug-likeness (QED) is 0.687. The standard InChI is InChI=1S/C25H27N3O3/c1-25(2,3)31-24(30)12-9-19(15-26)21-14-20(16-27-17-21)18-7-10-22(11-8-18)28-13-5-4-6-23(28)29/h4-8,10-11,13-14,16-17,19,23,29H,9,12H2,1-3H3. The Bertz CT molecular complexity index is 1010. The van der Waals surface area contributed by atoms with E-state index in [-0.39, 0.29) is 12.4 Å². The second-order valence-electron chi connectivity index (χ2n) is 8.41. The minimum Gasteiger partial charge on any atom is -0.460 e. The number of esters is 1. The summed E-state index contributed by atoms with van der Waals surface area (Å²) in [5, 5.41) is 19.7. The number of ether oxygens (including phenoxy) is 1. The highest BCUT2D eigenvalue weighted by Crippen LogP contribution is 2.28. The van der Waals surface area contributed by atoms with Gasteiger partial charge in [-0.2, -0.15) is 5.26 Å². The number of carbonyl (C=O) groups excluding carboxylic acids is 1. The minimum absolute atomic E-state index is 0.175. The van der Waals surface area contributed by atoms with E-state index in [1.54, 1.807) is 29.4 Å². The van der Waals surface area contributed by atoms with Crippen LogP contribution >= 0.6 is 0 Å². The first kappa shape index (κ1) is 22.3. The smallest absolute Gasteiger partial charge is 0.306 e. The first-order valence-electron chi connectivity index (χ1n) is 10.2. The van der Waals surface area contributed by atoms with Crippen LogP contribution in [-0.4, -0.2) is 27.9 Å². The maximum Gasteiger partial charge on any atom is 0.306 e. The monoisotopic (exact) mass is 417 g/mol. The van der Waals surface area contributed by atoms with Gasteiger partial charge in [-0.3, -0.25) is 9.78 Å². The fourth-order valence-corrected chi connectivity index (χ4v) is 3.32. The number of allylic oxidation sites excluding steroid dienone is 2. The van der Waals surface area contributed by atoms with Crippen LogP contribution in [0.3, 0.4) is 0 Å². The van der Waals surface area contributed by atoms with Crippen LogP contribution in [0.1, 0.15) is 45.1 Å². The van der Waals surface area contributed by atoms with E-state index in [0.29, 0.717) is 6.42 Å². The van der Waals surface area contributed by atoms with Crippen LogP contribution in [-0.2, 0) is 9.53 Å². The number of aliphatic hydroxyl groups is 1. The van der Waals surface area contributed by atoms with Gasteiger partial charge in [0.1, 0.15) is 11.8 Å². The lowest BCUT2D eigenvalue weighted by molar-refractivity contribution is -0.154. The van der Waals surface area contributed by atoms with E-state index in [1.165, 1.54) is 0 Å². The highest BCUT2D eigenvalue weighted by Gasteiger charge is 2.19. The van der Waals surface area contributed by atoms with Gasteiger partial charge in [0, 0.05) is 36.3 Å². The number of benzene rings is 1. The van der Waals surface area contributed by atoms with E-state index >= 15 is 0 Å². The molecule has 1 aromatic heterocycles. The second-order valence-corrected chi connectivity index (χ2v) is 8.41. The zero-order valence-corrected chi connectivity index (χ0v) is 18.0. The molecular formula is C25H27N3O3. The third-order valence-electron chi connectivity index (χ3n) is 4.80. The summed E-state index contributed by atoms with van der Waals surface area (Å²) < 4.78 is 5.34. The first-order chi connectivity index (χ1) is 14.8. The zero-order chi connectivity index (χ0) is 22.4. The molecule has 1 N–H and O–H groups in total. The van der Waals surface area contributed by atoms with Crippen molar-refractivity contribution in [1.29, 1.82) is 5.26 Å². The molecule has 0 amide bonds. The summed E-state index contributed by atoms with van der Waals surface area (Å²) in [5.74, 6) is -0.754. The van der Waals surface area contributed by atoms with Crippen molar-refractivity contribution in [1.82, 2.24) is 4.98 Å². The Hall–Kier alpha value is -3.43. The Morgan fingerprint density at radius 1 is 1.23 bits per heavy atom. The molecule has 6 nitrogen and oxygen atoms in total. The highest BCUT2D eigenvalue weighted by atomic mass is 16.6. The van der Waals surface area contributed by atoms with Crippen LogP contribution in [0.25, 0.3) is 11.1 Å². The Morgan fingerprint density at radius 2 is 1.97 bits per heavy atom. The van der Waals surface area contributed by atoms with E-state index in [4.69, 9.17) is 4.74 Å². The van der Waals surface area contributed by atoms with Gasteiger partial charge in [0.05, 0.1) is 12.0 Å². The van der Waals surface area contributed by atoms with E-state index in [1.807, 2.05) is 63.4 Å². The number of aromatic nitrogens is 1. The van der Waals surface area contributed by atoms with Crippen molar-refractivity contribution in [3.8, 4) is 17.2 Å². The molecule has 0 aliphatic carbocycles. The molecule has 2 heterocycles. The first-order valence-corrected chi connectivity index (χ1v) is 10.2. The fourth-order valence-electron chi connectivity index (χ4n) is 3.32. The molecule has 160 valence electrons. The van der Waals surface area contributed by atoms with Crippen molar-refractivity contribution in [3.63, 3.8) is 0 Å². The molecule has 0 bridgehead atoms. The van der Waals surface area contributed by atoms with Crippen molar-refractivity contribution in [3.05, 3.63) is 72.7 Å². The summed E-state index contributed by atoms with van der Waals surface area (Å²) in [5.41, 5.74) is 2.94. The van der Waals surface area contributed by atoms with Crippen molar-refractivity contribution in [2.24, 2.45) is 0 Å². The van der Waals surface area contributed by atoms with Gasteiger partial charge in [0.2, 0.25) is 0 Å². The number of nitrogens with zero attached hydrogens (tertiary/aromatic N) is 3. The van der Waals surface area contributed by atoms with Crippen LogP contribution in [0.5, 0.6) is 0 Å². The average Bonchev–Trinajstić information content (AvgIpc) is 2.74. The number of anilines is 1. The predicted molar refractivity (Wildman–Crippen MR) is 120 cm³/mol. The number of hydrogen-bond donors (Lipinski definition) is 1. The number of nitriles is 1. The molecule has 3 rings (SSSR count). The summed E-state index contributed by atoms with van der Waals surface area (Å²) in [7, 11) is 0. The van der Waals surface area contributed by atoms with Gasteiger partial charge >= 0.3 is 5.97 Å². The Kier molecular flexibility index (Phi) is 6.88. The summed E-state index contributed by atoms with van der Waals surface area (Å²) in [6.07, 6.45) is 10.5. The van der Waals surface area contributed by atoms with Crippen molar-refractivity contribution in [2.75, 3.05) is 4.90 Å². The molecule has 0 fully saturated rings. The van der Waals surface area contributed by atoms with E-state index in [9.17, 15) is 15.2 Å². The van der Waals surface area contributed by atoms with Crippen LogP contribution in [0, 0.1) is 11.3 Å². The molecular weight excluding hydrogens is 390 g/mol. The van der Waals surface area contributed by atoms with Gasteiger partial charge in [-0.1, -0.05) is 18.2 Å². The van der Waals surface area contributed by atoms with Gasteiger partial charge in [0.15, 0.2) is 0 Å². The molecule has 2 aromatic rings. The van der Waals surface area contributed by atoms with Gasteiger partial charge < -0.3 is 14.7 Å². The molecule has 0 spiro atoms. The molecule has 0 radical (unpaired) electrons. The number of rotatable bonds is 6. The molecule has 1 aliphatic rings. The van der Waals surface area contributed by atoms with E-state index in [0.717, 1.165) is 22.4 Å². The zero-order valence-electron chi connectivity index (χ0n) is 18.0. The van der Waals surface area contributed by atoms with Gasteiger partial charge in [0.25, 0.3) is 0 Å². The van der Waals surface area contributed by atoms with Crippen molar-refractivity contribution >= 4 is 11.7 Å². The summed E-state index contributed by atoms with van der Waals surface area (Å²) in [6, 6.07) is 12.0. The molecule has 2 atom stereocenters. The molecule has 2 unspecified atom stereocenters. The summed E-state index contributed by atoms with van der Waals surface area (Å²) in [6.45, 7) is 5.47. The lowest BCUT2D eigenvalue weighted by Gasteiger charge is -2.26. The number of aliphatic hydroxyl groups excluding tert-OH is 1. The Morgan fingerprint density at radius 3 is 2.61 bits per heavy atom. The maximum atomic E-state index is 12.0. The van der Waals surface area contributed by atoms with E-state index in [2.05, 4.69) is 11.1 Å². The fraction of sp³-hybridized carbons (Fsp3) is 0.320. The summed E-state index contributed by atoms with van der Waals surface area (Å²) >= 11 is 0. The minimum atomic E-state index is -0.692. The highest BCUT2D eigenvalue weighted by molar-refractivity contribution is 5.70. The van der Waals surface area contributed by atoms with Gasteiger partial charge in [-0.25, -0.2) is 0 Å². The largest absolute Gasteiger partial charge is 0.460 e. The Labute approximate surface area is 183 Å². The molecule has 0 saturated heterocycles. The van der Waals surface area contributed by atoms with Crippen LogP contribution in [0.4, 0.5) is 5.69 Å². The van der Waals surface area contributed by atoms with Crippen LogP contribution < -0.4 is 4.90 Å². The second kappa shape index (κ2) is 9.59. The third-order valence-corrected chi connectivity index (χ3v) is 4.80. The van der Waals surface area contributed by atoms with Crippen LogP contribution in [0.15, 0.2) is 67.2 Å². The molecule has 1 aliphatic heterocycles. The molecule has 1 aromatic carbocycles. The number of pyridine rings is 1. The lowest BCUT2D eigenvalue weighted by atomic mass is 9.94. The molecule has 6 heteroatoms. The maximum absolute atomic E-state index is 12.0. The van der Waals surface area contributed by atoms with Crippen LogP contribution in [0.2, 0.25) is 0 Å². The SMILES string of the molecule is CC(C)(C)OC(=O)CCC(C#N)c1cncc(-c2ccc(N3C=CC=CC3O)cc2)c1. The van der Waals surface area contributed by atoms with Crippen molar-refractivity contribution < 1.29 is 14.6 Å². The topological polar surface area (TPSA) is 86.5 Å². The molecule has 0 saturated carbocycles.